The summed E-state index contributed by atoms with van der Waals surface area (Å²) >= 11 is 1.13. The van der Waals surface area contributed by atoms with E-state index < -0.39 is 5.97 Å². The molecule has 3 rings (SSSR count). The van der Waals surface area contributed by atoms with Crippen LogP contribution in [-0.4, -0.2) is 35.4 Å². The first-order chi connectivity index (χ1) is 13.4. The third-order valence-electron chi connectivity index (χ3n) is 4.07. The van der Waals surface area contributed by atoms with Gasteiger partial charge in [-0.15, -0.1) is 0 Å². The number of aliphatic hydroxyl groups is 1. The van der Waals surface area contributed by atoms with Crippen LogP contribution in [0.3, 0.4) is 0 Å². The Kier molecular flexibility index (Phi) is 5.75. The lowest BCUT2D eigenvalue weighted by atomic mass is 10.1. The van der Waals surface area contributed by atoms with Gasteiger partial charge in [-0.3, -0.25) is 0 Å². The number of phenols is 1. The van der Waals surface area contributed by atoms with Crippen molar-refractivity contribution in [2.75, 3.05) is 14.2 Å². The highest BCUT2D eigenvalue weighted by atomic mass is 32.2. The zero-order valence-electron chi connectivity index (χ0n) is 15.6. The van der Waals surface area contributed by atoms with Crippen LogP contribution in [0.1, 0.15) is 11.1 Å². The van der Waals surface area contributed by atoms with E-state index in [2.05, 4.69) is 4.99 Å². The van der Waals surface area contributed by atoms with Crippen molar-refractivity contribution in [3.8, 4) is 11.5 Å². The van der Waals surface area contributed by atoms with Gasteiger partial charge in [-0.2, -0.15) is 0 Å². The van der Waals surface area contributed by atoms with Crippen LogP contribution in [0.25, 0.3) is 6.08 Å². The Hall–Kier alpha value is -3.19. The van der Waals surface area contributed by atoms with E-state index in [0.717, 1.165) is 17.3 Å². The molecule has 2 N–H and O–H groups in total. The van der Waals surface area contributed by atoms with Crippen molar-refractivity contribution < 1.29 is 24.5 Å². The maximum Gasteiger partial charge on any atom is 0.344 e. The van der Waals surface area contributed by atoms with Crippen molar-refractivity contribution in [3.63, 3.8) is 0 Å². The lowest BCUT2D eigenvalue weighted by Gasteiger charge is -2.04. The molecule has 0 fully saturated rings. The second kappa shape index (κ2) is 8.22. The number of phenolic OH excluding ortho intramolecular Hbond substituents is 1. The number of thioether (sulfide) groups is 1. The zero-order valence-corrected chi connectivity index (χ0v) is 16.4. The summed E-state index contributed by atoms with van der Waals surface area (Å²) in [6.07, 6.45) is 1.58. The number of aromatic hydroxyl groups is 1. The van der Waals surface area contributed by atoms with Crippen molar-refractivity contribution in [1.29, 1.82) is 0 Å². The molecule has 2 aromatic rings. The van der Waals surface area contributed by atoms with Crippen molar-refractivity contribution in [2.45, 2.75) is 6.92 Å². The van der Waals surface area contributed by atoms with E-state index in [9.17, 15) is 15.0 Å². The van der Waals surface area contributed by atoms with E-state index in [1.165, 1.54) is 20.3 Å². The first-order valence-electron chi connectivity index (χ1n) is 8.37. The Morgan fingerprint density at radius 1 is 1.11 bits per heavy atom. The highest BCUT2D eigenvalue weighted by Gasteiger charge is 2.33. The number of aryl methyl sites for hydroxylation is 1. The SMILES string of the molecule is COC(=O)C1=C(O)C(=Cc2ccc(OC)cc2O)SC1=Nc1ccc(C)cc1. The number of nitrogens with zero attached hydrogens (tertiary/aromatic N) is 1. The van der Waals surface area contributed by atoms with Gasteiger partial charge in [0.1, 0.15) is 27.9 Å². The summed E-state index contributed by atoms with van der Waals surface area (Å²) in [6, 6.07) is 12.3. The fourth-order valence-electron chi connectivity index (χ4n) is 2.54. The van der Waals surface area contributed by atoms with Gasteiger partial charge in [0.25, 0.3) is 0 Å². The van der Waals surface area contributed by atoms with Crippen molar-refractivity contribution in [1.82, 2.24) is 0 Å². The van der Waals surface area contributed by atoms with Crippen LogP contribution in [0, 0.1) is 6.92 Å². The summed E-state index contributed by atoms with van der Waals surface area (Å²) in [7, 11) is 2.75. The molecule has 1 aliphatic rings. The second-order valence-corrected chi connectivity index (χ2v) is 7.03. The number of benzene rings is 2. The third-order valence-corrected chi connectivity index (χ3v) is 5.09. The van der Waals surface area contributed by atoms with Crippen LogP contribution in [0.4, 0.5) is 5.69 Å². The lowest BCUT2D eigenvalue weighted by Crippen LogP contribution is -2.10. The van der Waals surface area contributed by atoms with E-state index in [4.69, 9.17) is 9.47 Å². The Morgan fingerprint density at radius 2 is 1.82 bits per heavy atom. The quantitative estimate of drug-likeness (QED) is 0.738. The van der Waals surface area contributed by atoms with Crippen LogP contribution in [0.5, 0.6) is 11.5 Å². The molecule has 0 aromatic heterocycles. The van der Waals surface area contributed by atoms with Crippen LogP contribution in [0.15, 0.2) is 63.7 Å². The third kappa shape index (κ3) is 4.04. The highest BCUT2D eigenvalue weighted by Crippen LogP contribution is 2.41. The summed E-state index contributed by atoms with van der Waals surface area (Å²) < 4.78 is 9.87. The van der Waals surface area contributed by atoms with E-state index in [0.29, 0.717) is 26.9 Å². The Bertz CT molecular complexity index is 1010. The molecule has 0 spiro atoms. The highest BCUT2D eigenvalue weighted by molar-refractivity contribution is 8.18. The maximum atomic E-state index is 12.2. The molecule has 0 bridgehead atoms. The molecule has 0 unspecified atom stereocenters. The molecular formula is C21H19NO5S. The van der Waals surface area contributed by atoms with Crippen molar-refractivity contribution in [3.05, 3.63) is 69.8 Å². The molecule has 2 aromatic carbocycles. The number of hydrogen-bond donors (Lipinski definition) is 2. The summed E-state index contributed by atoms with van der Waals surface area (Å²) in [5.74, 6) is -0.421. The first-order valence-corrected chi connectivity index (χ1v) is 9.18. The number of carbonyl (C=O) groups is 1. The van der Waals surface area contributed by atoms with Crippen LogP contribution in [-0.2, 0) is 9.53 Å². The molecule has 0 saturated carbocycles. The standard InChI is InChI=1S/C21H19NO5S/c1-12-4-7-14(8-5-12)22-20-18(21(25)27-3)19(24)17(28-20)10-13-6-9-15(26-2)11-16(13)23/h4-11,23-24H,1-3H3. The molecule has 6 nitrogen and oxygen atoms in total. The van der Waals surface area contributed by atoms with E-state index in [1.54, 1.807) is 18.2 Å². The number of carbonyl (C=O) groups excluding carboxylic acids is 1. The monoisotopic (exact) mass is 397 g/mol. The molecule has 0 atom stereocenters. The van der Waals surface area contributed by atoms with Gasteiger partial charge in [-0.05, 0) is 37.3 Å². The fraction of sp³-hybridized carbons (Fsp3) is 0.143. The minimum Gasteiger partial charge on any atom is -0.507 e. The van der Waals surface area contributed by atoms with Gasteiger partial charge in [0, 0.05) is 11.6 Å². The summed E-state index contributed by atoms with van der Waals surface area (Å²) in [6.45, 7) is 1.97. The van der Waals surface area contributed by atoms with Crippen LogP contribution < -0.4 is 4.74 Å². The number of methoxy groups -OCH3 is 2. The molecule has 0 amide bonds. The van der Waals surface area contributed by atoms with E-state index in [-0.39, 0.29) is 17.1 Å². The largest absolute Gasteiger partial charge is 0.507 e. The maximum absolute atomic E-state index is 12.2. The minimum atomic E-state index is -0.682. The first kappa shape index (κ1) is 19.6. The summed E-state index contributed by atoms with van der Waals surface area (Å²) in [4.78, 5) is 17.1. The smallest absolute Gasteiger partial charge is 0.344 e. The predicted molar refractivity (Wildman–Crippen MR) is 110 cm³/mol. The molecule has 7 heteroatoms. The Labute approximate surface area is 166 Å². The van der Waals surface area contributed by atoms with Crippen molar-refractivity contribution >= 4 is 34.5 Å². The molecule has 1 aliphatic heterocycles. The van der Waals surface area contributed by atoms with Gasteiger partial charge in [-0.1, -0.05) is 29.5 Å². The average Bonchev–Trinajstić information content (AvgIpc) is 2.99. The second-order valence-electron chi connectivity index (χ2n) is 6.00. The van der Waals surface area contributed by atoms with Crippen LogP contribution in [0.2, 0.25) is 0 Å². The lowest BCUT2D eigenvalue weighted by molar-refractivity contribution is -0.135. The number of ether oxygens (including phenoxy) is 2. The molecule has 0 radical (unpaired) electrons. The molecule has 1 heterocycles. The molecule has 0 aliphatic carbocycles. The average molecular weight is 397 g/mol. The van der Waals surface area contributed by atoms with E-state index in [1.807, 2.05) is 31.2 Å². The van der Waals surface area contributed by atoms with E-state index >= 15 is 0 Å². The number of esters is 1. The number of hydrogen-bond acceptors (Lipinski definition) is 7. The Balaban J connectivity index is 2.03. The molecule has 28 heavy (non-hydrogen) atoms. The van der Waals surface area contributed by atoms with Gasteiger partial charge >= 0.3 is 5.97 Å². The number of aliphatic imine (C=N–C) groups is 1. The summed E-state index contributed by atoms with van der Waals surface area (Å²) in [5, 5.41) is 21.1. The normalized spacial score (nSPS) is 16.7. The van der Waals surface area contributed by atoms with Gasteiger partial charge in [0.2, 0.25) is 0 Å². The minimum absolute atomic E-state index is 0.00711. The topological polar surface area (TPSA) is 88.4 Å². The molecule has 144 valence electrons. The van der Waals surface area contributed by atoms with Gasteiger partial charge in [0.05, 0.1) is 24.8 Å². The zero-order chi connectivity index (χ0) is 20.3. The van der Waals surface area contributed by atoms with Gasteiger partial charge in [-0.25, -0.2) is 9.79 Å². The van der Waals surface area contributed by atoms with Gasteiger partial charge in [0.15, 0.2) is 0 Å². The number of rotatable bonds is 4. The summed E-state index contributed by atoms with van der Waals surface area (Å²) in [5.41, 5.74) is 2.20. The predicted octanol–water partition coefficient (Wildman–Crippen LogP) is 4.51. The van der Waals surface area contributed by atoms with Crippen LogP contribution >= 0.6 is 11.8 Å². The van der Waals surface area contributed by atoms with Gasteiger partial charge < -0.3 is 19.7 Å². The Morgan fingerprint density at radius 3 is 2.43 bits per heavy atom. The van der Waals surface area contributed by atoms with Crippen molar-refractivity contribution in [2.24, 2.45) is 4.99 Å². The number of aliphatic hydroxyl groups excluding tert-OH is 1. The molecule has 0 saturated heterocycles. The molecular weight excluding hydrogens is 378 g/mol. The fourth-order valence-corrected chi connectivity index (χ4v) is 3.57.